The van der Waals surface area contributed by atoms with Crippen LogP contribution in [0.1, 0.15) is 37.9 Å². The van der Waals surface area contributed by atoms with Crippen LogP contribution in [-0.4, -0.2) is 35.6 Å². The maximum absolute atomic E-state index is 12.1. The number of urea groups is 1. The van der Waals surface area contributed by atoms with Crippen LogP contribution in [0, 0.1) is 5.41 Å². The molecule has 2 amide bonds. The SMILES string of the molecule is CN(Cc1ccco1)C(=O)NCC1(C(=O)O)CCCCC1. The Balaban J connectivity index is 1.88. The molecule has 0 unspecified atom stereocenters. The molecule has 6 heteroatoms. The number of amides is 2. The Morgan fingerprint density at radius 1 is 1.38 bits per heavy atom. The molecule has 1 aromatic rings. The van der Waals surface area contributed by atoms with E-state index in [1.54, 1.807) is 25.4 Å². The Kier molecular flexibility index (Phi) is 4.88. The van der Waals surface area contributed by atoms with Gasteiger partial charge in [-0.3, -0.25) is 4.79 Å². The molecule has 21 heavy (non-hydrogen) atoms. The van der Waals surface area contributed by atoms with Gasteiger partial charge >= 0.3 is 12.0 Å². The number of furan rings is 1. The van der Waals surface area contributed by atoms with Gasteiger partial charge in [0.05, 0.1) is 18.2 Å². The van der Waals surface area contributed by atoms with Crippen LogP contribution in [0.15, 0.2) is 22.8 Å². The molecule has 0 aliphatic heterocycles. The van der Waals surface area contributed by atoms with Crippen LogP contribution in [0.3, 0.4) is 0 Å². The number of rotatable bonds is 5. The summed E-state index contributed by atoms with van der Waals surface area (Å²) in [6.07, 6.45) is 5.70. The summed E-state index contributed by atoms with van der Waals surface area (Å²) in [5.41, 5.74) is -0.806. The van der Waals surface area contributed by atoms with E-state index in [0.717, 1.165) is 19.3 Å². The zero-order valence-corrected chi connectivity index (χ0v) is 12.3. The summed E-state index contributed by atoms with van der Waals surface area (Å²) in [5.74, 6) is -0.116. The Morgan fingerprint density at radius 3 is 2.67 bits per heavy atom. The van der Waals surface area contributed by atoms with Gasteiger partial charge in [0.2, 0.25) is 0 Å². The van der Waals surface area contributed by atoms with E-state index in [-0.39, 0.29) is 12.6 Å². The maximum atomic E-state index is 12.1. The van der Waals surface area contributed by atoms with Crippen molar-refractivity contribution in [2.75, 3.05) is 13.6 Å². The first kappa shape index (κ1) is 15.4. The van der Waals surface area contributed by atoms with Crippen molar-refractivity contribution in [1.82, 2.24) is 10.2 Å². The van der Waals surface area contributed by atoms with Crippen LogP contribution < -0.4 is 5.32 Å². The van der Waals surface area contributed by atoms with Crippen LogP contribution in [0.5, 0.6) is 0 Å². The zero-order valence-electron chi connectivity index (χ0n) is 12.3. The molecule has 2 rings (SSSR count). The summed E-state index contributed by atoms with van der Waals surface area (Å²) in [6, 6.07) is 3.28. The van der Waals surface area contributed by atoms with Crippen molar-refractivity contribution in [2.45, 2.75) is 38.6 Å². The highest BCUT2D eigenvalue weighted by Gasteiger charge is 2.39. The number of carbonyl (C=O) groups excluding carboxylic acids is 1. The van der Waals surface area contributed by atoms with Crippen LogP contribution in [0.25, 0.3) is 0 Å². The second-order valence-corrected chi connectivity index (χ2v) is 5.74. The predicted molar refractivity (Wildman–Crippen MR) is 76.7 cm³/mol. The molecule has 116 valence electrons. The highest BCUT2D eigenvalue weighted by atomic mass is 16.4. The molecule has 1 aromatic heterocycles. The van der Waals surface area contributed by atoms with E-state index < -0.39 is 11.4 Å². The minimum Gasteiger partial charge on any atom is -0.481 e. The second-order valence-electron chi connectivity index (χ2n) is 5.74. The molecule has 1 heterocycles. The number of nitrogens with zero attached hydrogens (tertiary/aromatic N) is 1. The summed E-state index contributed by atoms with van der Waals surface area (Å²) in [4.78, 5) is 25.1. The van der Waals surface area contributed by atoms with Crippen molar-refractivity contribution in [3.8, 4) is 0 Å². The molecule has 0 bridgehead atoms. The third-order valence-corrected chi connectivity index (χ3v) is 4.16. The van der Waals surface area contributed by atoms with Crippen molar-refractivity contribution >= 4 is 12.0 Å². The van der Waals surface area contributed by atoms with E-state index in [2.05, 4.69) is 5.32 Å². The van der Waals surface area contributed by atoms with Gasteiger partial charge < -0.3 is 19.7 Å². The van der Waals surface area contributed by atoms with Gasteiger partial charge in [-0.1, -0.05) is 19.3 Å². The lowest BCUT2D eigenvalue weighted by Gasteiger charge is -2.33. The number of carboxylic acid groups (broad SMARTS) is 1. The van der Waals surface area contributed by atoms with Gasteiger partial charge in [-0.05, 0) is 25.0 Å². The van der Waals surface area contributed by atoms with Gasteiger partial charge in [0.25, 0.3) is 0 Å². The number of hydrogen-bond acceptors (Lipinski definition) is 3. The average Bonchev–Trinajstić information content (AvgIpc) is 2.98. The van der Waals surface area contributed by atoms with Crippen molar-refractivity contribution < 1.29 is 19.1 Å². The molecular weight excluding hydrogens is 272 g/mol. The van der Waals surface area contributed by atoms with E-state index in [9.17, 15) is 14.7 Å². The lowest BCUT2D eigenvalue weighted by molar-refractivity contribution is -0.150. The number of aliphatic carboxylic acids is 1. The highest BCUT2D eigenvalue weighted by molar-refractivity contribution is 5.78. The van der Waals surface area contributed by atoms with Crippen molar-refractivity contribution in [1.29, 1.82) is 0 Å². The number of hydrogen-bond donors (Lipinski definition) is 2. The number of carbonyl (C=O) groups is 2. The summed E-state index contributed by atoms with van der Waals surface area (Å²) < 4.78 is 5.19. The second kappa shape index (κ2) is 6.65. The molecule has 0 aromatic carbocycles. The molecule has 0 saturated heterocycles. The molecule has 0 radical (unpaired) electrons. The van der Waals surface area contributed by atoms with E-state index in [0.29, 0.717) is 25.1 Å². The van der Waals surface area contributed by atoms with Gasteiger partial charge in [-0.2, -0.15) is 0 Å². The summed E-state index contributed by atoms with van der Waals surface area (Å²) in [5, 5.41) is 12.2. The van der Waals surface area contributed by atoms with Crippen LogP contribution >= 0.6 is 0 Å². The minimum absolute atomic E-state index is 0.184. The van der Waals surface area contributed by atoms with Crippen LogP contribution in [0.4, 0.5) is 4.79 Å². The van der Waals surface area contributed by atoms with Gasteiger partial charge in [0.1, 0.15) is 5.76 Å². The quantitative estimate of drug-likeness (QED) is 0.874. The molecule has 1 saturated carbocycles. The monoisotopic (exact) mass is 294 g/mol. The topological polar surface area (TPSA) is 82.8 Å². The highest BCUT2D eigenvalue weighted by Crippen LogP contribution is 2.36. The molecule has 0 atom stereocenters. The van der Waals surface area contributed by atoms with Crippen molar-refractivity contribution in [3.63, 3.8) is 0 Å². The smallest absolute Gasteiger partial charge is 0.317 e. The van der Waals surface area contributed by atoms with Crippen LogP contribution in [0.2, 0.25) is 0 Å². The zero-order chi connectivity index (χ0) is 15.3. The van der Waals surface area contributed by atoms with Gasteiger partial charge in [0, 0.05) is 13.6 Å². The number of nitrogens with one attached hydrogen (secondary N) is 1. The first-order valence-corrected chi connectivity index (χ1v) is 7.28. The molecule has 6 nitrogen and oxygen atoms in total. The predicted octanol–water partition coefficient (Wildman–Crippen LogP) is 2.46. The Labute approximate surface area is 124 Å². The fourth-order valence-electron chi connectivity index (χ4n) is 2.78. The van der Waals surface area contributed by atoms with Crippen molar-refractivity contribution in [2.24, 2.45) is 5.41 Å². The summed E-state index contributed by atoms with van der Waals surface area (Å²) >= 11 is 0. The third kappa shape index (κ3) is 3.77. The first-order valence-electron chi connectivity index (χ1n) is 7.28. The maximum Gasteiger partial charge on any atom is 0.317 e. The molecule has 0 spiro atoms. The molecule has 1 fully saturated rings. The van der Waals surface area contributed by atoms with E-state index in [1.807, 2.05) is 0 Å². The molecule has 2 N–H and O–H groups in total. The standard InChI is InChI=1S/C15H22N2O4/c1-17(10-12-6-5-9-21-12)14(20)16-11-15(13(18)19)7-3-2-4-8-15/h5-6,9H,2-4,7-8,10-11H2,1H3,(H,16,20)(H,18,19). The summed E-state index contributed by atoms with van der Waals surface area (Å²) in [7, 11) is 1.66. The lowest BCUT2D eigenvalue weighted by atomic mass is 9.74. The molecule has 1 aliphatic rings. The van der Waals surface area contributed by atoms with Gasteiger partial charge in [-0.25, -0.2) is 4.79 Å². The summed E-state index contributed by atoms with van der Waals surface area (Å²) in [6.45, 7) is 0.544. The lowest BCUT2D eigenvalue weighted by Crippen LogP contribution is -2.47. The first-order chi connectivity index (χ1) is 10.0. The van der Waals surface area contributed by atoms with Gasteiger partial charge in [-0.15, -0.1) is 0 Å². The minimum atomic E-state index is -0.809. The van der Waals surface area contributed by atoms with Crippen molar-refractivity contribution in [3.05, 3.63) is 24.2 Å². The van der Waals surface area contributed by atoms with Gasteiger partial charge in [0.15, 0.2) is 0 Å². The van der Waals surface area contributed by atoms with E-state index in [4.69, 9.17) is 4.42 Å². The van der Waals surface area contributed by atoms with Crippen LogP contribution in [-0.2, 0) is 11.3 Å². The van der Waals surface area contributed by atoms with E-state index in [1.165, 1.54) is 4.90 Å². The normalized spacial score (nSPS) is 17.2. The Morgan fingerprint density at radius 2 is 2.10 bits per heavy atom. The molecule has 1 aliphatic carbocycles. The molecular formula is C15H22N2O4. The Bertz CT molecular complexity index is 478. The fraction of sp³-hybridized carbons (Fsp3) is 0.600. The Hall–Kier alpha value is -1.98. The fourth-order valence-corrected chi connectivity index (χ4v) is 2.78. The number of carboxylic acids is 1. The third-order valence-electron chi connectivity index (χ3n) is 4.16. The van der Waals surface area contributed by atoms with E-state index >= 15 is 0 Å². The average molecular weight is 294 g/mol. The largest absolute Gasteiger partial charge is 0.481 e.